The van der Waals surface area contributed by atoms with E-state index < -0.39 is 0 Å². The number of carbonyl (C=O) groups is 2. The molecular formula is C14H22N4O2. The van der Waals surface area contributed by atoms with Crippen LogP contribution in [-0.4, -0.2) is 40.1 Å². The van der Waals surface area contributed by atoms with Gasteiger partial charge in [0.1, 0.15) is 0 Å². The predicted molar refractivity (Wildman–Crippen MR) is 74.6 cm³/mol. The molecule has 1 heterocycles. The minimum Gasteiger partial charge on any atom is -0.355 e. The monoisotopic (exact) mass is 278 g/mol. The Hall–Kier alpha value is -1.85. The van der Waals surface area contributed by atoms with Crippen molar-refractivity contribution in [2.45, 2.75) is 26.3 Å². The molecule has 2 amide bonds. The van der Waals surface area contributed by atoms with Crippen molar-refractivity contribution in [3.8, 4) is 0 Å². The van der Waals surface area contributed by atoms with Crippen molar-refractivity contribution in [2.24, 2.45) is 18.9 Å². The smallest absolute Gasteiger partial charge is 0.224 e. The SMILES string of the molecule is C[C@H]1C[C@H]1C(=O)NCCC(=O)N(C)Cc1cnn(C)c1. The van der Waals surface area contributed by atoms with Crippen LogP contribution < -0.4 is 5.32 Å². The van der Waals surface area contributed by atoms with Crippen molar-refractivity contribution in [1.82, 2.24) is 20.0 Å². The second-order valence-electron chi connectivity index (χ2n) is 5.63. The van der Waals surface area contributed by atoms with Gasteiger partial charge >= 0.3 is 0 Å². The minimum atomic E-state index is 0.0259. The van der Waals surface area contributed by atoms with Gasteiger partial charge in [-0.2, -0.15) is 5.10 Å². The van der Waals surface area contributed by atoms with Crippen LogP contribution in [0.5, 0.6) is 0 Å². The van der Waals surface area contributed by atoms with E-state index in [2.05, 4.69) is 17.3 Å². The fourth-order valence-corrected chi connectivity index (χ4v) is 2.22. The van der Waals surface area contributed by atoms with Crippen LogP contribution in [-0.2, 0) is 23.2 Å². The van der Waals surface area contributed by atoms with E-state index in [0.717, 1.165) is 12.0 Å². The Morgan fingerprint density at radius 3 is 2.80 bits per heavy atom. The molecule has 1 N–H and O–H groups in total. The maximum Gasteiger partial charge on any atom is 0.224 e. The van der Waals surface area contributed by atoms with Gasteiger partial charge in [-0.3, -0.25) is 14.3 Å². The Kier molecular flexibility index (Phi) is 4.42. The van der Waals surface area contributed by atoms with E-state index in [4.69, 9.17) is 0 Å². The van der Waals surface area contributed by atoms with E-state index in [1.807, 2.05) is 13.2 Å². The summed E-state index contributed by atoms with van der Waals surface area (Å²) in [7, 11) is 3.61. The Balaban J connectivity index is 1.67. The number of hydrogen-bond acceptors (Lipinski definition) is 3. The zero-order chi connectivity index (χ0) is 14.7. The fourth-order valence-electron chi connectivity index (χ4n) is 2.22. The molecule has 1 fully saturated rings. The molecule has 6 nitrogen and oxygen atoms in total. The molecule has 2 rings (SSSR count). The second kappa shape index (κ2) is 6.07. The number of nitrogens with one attached hydrogen (secondary N) is 1. The molecule has 0 spiro atoms. The molecule has 0 aliphatic heterocycles. The van der Waals surface area contributed by atoms with Crippen LogP contribution >= 0.6 is 0 Å². The molecule has 110 valence electrons. The summed E-state index contributed by atoms with van der Waals surface area (Å²) < 4.78 is 1.71. The normalized spacial score (nSPS) is 20.6. The van der Waals surface area contributed by atoms with E-state index >= 15 is 0 Å². The van der Waals surface area contributed by atoms with Crippen LogP contribution in [0.4, 0.5) is 0 Å². The quantitative estimate of drug-likeness (QED) is 0.826. The highest BCUT2D eigenvalue weighted by atomic mass is 16.2. The molecular weight excluding hydrogens is 256 g/mol. The predicted octanol–water partition coefficient (Wildman–Crippen LogP) is 0.541. The van der Waals surface area contributed by atoms with Crippen molar-refractivity contribution < 1.29 is 9.59 Å². The Bertz CT molecular complexity index is 497. The third kappa shape index (κ3) is 3.82. The van der Waals surface area contributed by atoms with Crippen LogP contribution in [0.2, 0.25) is 0 Å². The molecule has 1 aliphatic carbocycles. The van der Waals surface area contributed by atoms with Crippen molar-refractivity contribution in [3.63, 3.8) is 0 Å². The third-order valence-corrected chi connectivity index (χ3v) is 3.69. The van der Waals surface area contributed by atoms with Crippen molar-refractivity contribution in [3.05, 3.63) is 18.0 Å². The summed E-state index contributed by atoms with van der Waals surface area (Å²) in [6.45, 7) is 3.02. The molecule has 20 heavy (non-hydrogen) atoms. The topological polar surface area (TPSA) is 67.2 Å². The van der Waals surface area contributed by atoms with Crippen LogP contribution in [0, 0.1) is 11.8 Å². The summed E-state index contributed by atoms with van der Waals surface area (Å²) in [6.07, 6.45) is 4.95. The molecule has 6 heteroatoms. The second-order valence-corrected chi connectivity index (χ2v) is 5.63. The van der Waals surface area contributed by atoms with E-state index in [-0.39, 0.29) is 17.7 Å². The first-order valence-electron chi connectivity index (χ1n) is 6.96. The lowest BCUT2D eigenvalue weighted by atomic mass is 10.3. The number of nitrogens with zero attached hydrogens (tertiary/aromatic N) is 3. The van der Waals surface area contributed by atoms with Gasteiger partial charge in [0.05, 0.1) is 6.20 Å². The first-order valence-corrected chi connectivity index (χ1v) is 6.96. The molecule has 1 aromatic heterocycles. The van der Waals surface area contributed by atoms with Crippen LogP contribution in [0.3, 0.4) is 0 Å². The van der Waals surface area contributed by atoms with Gasteiger partial charge in [0.25, 0.3) is 0 Å². The minimum absolute atomic E-state index is 0.0259. The highest BCUT2D eigenvalue weighted by molar-refractivity contribution is 5.82. The van der Waals surface area contributed by atoms with Gasteiger partial charge in [-0.25, -0.2) is 0 Å². The highest BCUT2D eigenvalue weighted by Gasteiger charge is 2.38. The molecule has 1 aromatic rings. The van der Waals surface area contributed by atoms with E-state index in [1.165, 1.54) is 0 Å². The van der Waals surface area contributed by atoms with Crippen molar-refractivity contribution in [2.75, 3.05) is 13.6 Å². The molecule has 0 aromatic carbocycles. The fraction of sp³-hybridized carbons (Fsp3) is 0.643. The Morgan fingerprint density at radius 1 is 1.55 bits per heavy atom. The van der Waals surface area contributed by atoms with Crippen molar-refractivity contribution >= 4 is 11.8 Å². The number of aromatic nitrogens is 2. The van der Waals surface area contributed by atoms with Gasteiger partial charge in [0.15, 0.2) is 0 Å². The summed E-state index contributed by atoms with van der Waals surface area (Å²) in [4.78, 5) is 25.2. The lowest BCUT2D eigenvalue weighted by Gasteiger charge is -2.16. The van der Waals surface area contributed by atoms with Crippen LogP contribution in [0.15, 0.2) is 12.4 Å². The van der Waals surface area contributed by atoms with Gasteiger partial charge in [-0.05, 0) is 12.3 Å². The molecule has 1 saturated carbocycles. The highest BCUT2D eigenvalue weighted by Crippen LogP contribution is 2.37. The summed E-state index contributed by atoms with van der Waals surface area (Å²) in [5.74, 6) is 0.774. The number of aryl methyl sites for hydroxylation is 1. The van der Waals surface area contributed by atoms with E-state index in [0.29, 0.717) is 25.4 Å². The lowest BCUT2D eigenvalue weighted by Crippen LogP contribution is -2.32. The maximum atomic E-state index is 11.9. The van der Waals surface area contributed by atoms with Crippen LogP contribution in [0.1, 0.15) is 25.3 Å². The van der Waals surface area contributed by atoms with E-state index in [9.17, 15) is 9.59 Å². The standard InChI is InChI=1S/C14H22N4O2/c1-10-6-12(10)14(20)15-5-4-13(19)17(2)8-11-7-16-18(3)9-11/h7,9-10,12H,4-6,8H2,1-3H3,(H,15,20)/t10-,12+/m0/s1. The Labute approximate surface area is 119 Å². The lowest BCUT2D eigenvalue weighted by molar-refractivity contribution is -0.130. The van der Waals surface area contributed by atoms with Gasteiger partial charge in [-0.1, -0.05) is 6.92 Å². The molecule has 0 bridgehead atoms. The molecule has 1 aliphatic rings. The van der Waals surface area contributed by atoms with Gasteiger partial charge in [0.2, 0.25) is 11.8 Å². The average Bonchev–Trinajstić information content (AvgIpc) is 2.99. The van der Waals surface area contributed by atoms with Gasteiger partial charge in [-0.15, -0.1) is 0 Å². The summed E-state index contributed by atoms with van der Waals surface area (Å²) in [6, 6.07) is 0. The zero-order valence-corrected chi connectivity index (χ0v) is 12.3. The molecule has 2 atom stereocenters. The van der Waals surface area contributed by atoms with E-state index in [1.54, 1.807) is 22.8 Å². The summed E-state index contributed by atoms with van der Waals surface area (Å²) >= 11 is 0. The van der Waals surface area contributed by atoms with Crippen molar-refractivity contribution in [1.29, 1.82) is 0 Å². The Morgan fingerprint density at radius 2 is 2.25 bits per heavy atom. The zero-order valence-electron chi connectivity index (χ0n) is 12.3. The molecule has 0 unspecified atom stereocenters. The average molecular weight is 278 g/mol. The van der Waals surface area contributed by atoms with Gasteiger partial charge < -0.3 is 10.2 Å². The van der Waals surface area contributed by atoms with Gasteiger partial charge in [0, 0.05) is 51.3 Å². The largest absolute Gasteiger partial charge is 0.355 e. The maximum absolute atomic E-state index is 11.9. The number of amides is 2. The molecule has 0 saturated heterocycles. The van der Waals surface area contributed by atoms with Crippen LogP contribution in [0.25, 0.3) is 0 Å². The summed E-state index contributed by atoms with van der Waals surface area (Å²) in [5, 5.41) is 6.90. The molecule has 0 radical (unpaired) electrons. The number of carbonyl (C=O) groups excluding carboxylic acids is 2. The third-order valence-electron chi connectivity index (χ3n) is 3.69. The summed E-state index contributed by atoms with van der Waals surface area (Å²) in [5.41, 5.74) is 0.999. The number of rotatable bonds is 6. The first-order chi connectivity index (χ1) is 9.47. The first kappa shape index (κ1) is 14.6. The number of hydrogen-bond donors (Lipinski definition) is 1.